The summed E-state index contributed by atoms with van der Waals surface area (Å²) in [4.78, 5) is 36.2. The SMILES string of the molecule is COc1ccc([C@@H]2[C@H]3C(=O)N(c4sc5c(c4C#N)CCCC5)C(=O)[C@@H]3ON2c2ccc(Cl)cc2)cc1. The van der Waals surface area contributed by atoms with E-state index in [2.05, 4.69) is 6.07 Å². The van der Waals surface area contributed by atoms with Crippen molar-refractivity contribution in [1.82, 2.24) is 0 Å². The number of hydroxylamine groups is 1. The van der Waals surface area contributed by atoms with Crippen molar-refractivity contribution in [1.29, 1.82) is 5.26 Å². The highest BCUT2D eigenvalue weighted by atomic mass is 35.5. The van der Waals surface area contributed by atoms with Crippen LogP contribution < -0.4 is 14.7 Å². The second-order valence-corrected chi connectivity index (χ2v) is 10.6. The van der Waals surface area contributed by atoms with Crippen LogP contribution in [-0.4, -0.2) is 25.0 Å². The Bertz CT molecular complexity index is 1400. The largest absolute Gasteiger partial charge is 0.497 e. The van der Waals surface area contributed by atoms with Gasteiger partial charge in [-0.2, -0.15) is 5.26 Å². The number of halogens is 1. The molecule has 0 N–H and O–H groups in total. The number of anilines is 2. The van der Waals surface area contributed by atoms with E-state index in [1.54, 1.807) is 36.4 Å². The van der Waals surface area contributed by atoms with E-state index in [1.807, 2.05) is 24.3 Å². The Morgan fingerprint density at radius 3 is 2.47 bits per heavy atom. The van der Waals surface area contributed by atoms with Crippen molar-refractivity contribution in [2.75, 3.05) is 17.1 Å². The van der Waals surface area contributed by atoms with Gasteiger partial charge in [-0.15, -0.1) is 11.3 Å². The van der Waals surface area contributed by atoms with Gasteiger partial charge in [-0.3, -0.25) is 14.4 Å². The second-order valence-electron chi connectivity index (χ2n) is 9.09. The number of fused-ring (bicyclic) bond motifs is 2. The van der Waals surface area contributed by atoms with Crippen LogP contribution in [0.2, 0.25) is 5.02 Å². The Balaban J connectivity index is 1.43. The molecular formula is C27H22ClN3O4S. The highest BCUT2D eigenvalue weighted by Crippen LogP contribution is 2.50. The van der Waals surface area contributed by atoms with Gasteiger partial charge in [-0.05, 0) is 73.2 Å². The van der Waals surface area contributed by atoms with Gasteiger partial charge < -0.3 is 4.74 Å². The second kappa shape index (κ2) is 8.93. The monoisotopic (exact) mass is 519 g/mol. The molecule has 0 spiro atoms. The third-order valence-corrected chi connectivity index (χ3v) is 8.65. The molecule has 2 fully saturated rings. The van der Waals surface area contributed by atoms with E-state index in [1.165, 1.54) is 16.2 Å². The van der Waals surface area contributed by atoms with Crippen molar-refractivity contribution in [2.45, 2.75) is 37.8 Å². The Labute approximate surface area is 217 Å². The molecule has 3 aliphatic rings. The summed E-state index contributed by atoms with van der Waals surface area (Å²) >= 11 is 7.48. The third kappa shape index (κ3) is 3.50. The lowest BCUT2D eigenvalue weighted by Gasteiger charge is -2.28. The fourth-order valence-corrected chi connectivity index (χ4v) is 6.87. The fourth-order valence-electron chi connectivity index (χ4n) is 5.39. The Morgan fingerprint density at radius 1 is 1.06 bits per heavy atom. The number of hydrogen-bond acceptors (Lipinski definition) is 7. The first-order chi connectivity index (χ1) is 17.5. The molecule has 0 unspecified atom stereocenters. The first kappa shape index (κ1) is 23.0. The highest BCUT2D eigenvalue weighted by molar-refractivity contribution is 7.17. The van der Waals surface area contributed by atoms with Crippen molar-refractivity contribution in [2.24, 2.45) is 5.92 Å². The summed E-state index contributed by atoms with van der Waals surface area (Å²) in [5.74, 6) is -0.870. The van der Waals surface area contributed by atoms with E-state index >= 15 is 0 Å². The Morgan fingerprint density at radius 2 is 1.78 bits per heavy atom. The standard InChI is InChI=1S/C27H22ClN3O4S/c1-34-18-12-6-15(7-13-18)23-22-24(35-31(23)17-10-8-16(28)9-11-17)26(33)30(25(22)32)27-20(14-29)19-4-2-3-5-21(19)36-27/h6-13,22-24H,2-5H2,1H3/t22-,23-,24-/m1/s1. The molecule has 182 valence electrons. The highest BCUT2D eigenvalue weighted by Gasteiger charge is 2.61. The molecule has 2 aromatic carbocycles. The lowest BCUT2D eigenvalue weighted by molar-refractivity contribution is -0.126. The zero-order chi connectivity index (χ0) is 25.0. The van der Waals surface area contributed by atoms with Gasteiger partial charge >= 0.3 is 0 Å². The van der Waals surface area contributed by atoms with E-state index in [0.717, 1.165) is 41.7 Å². The van der Waals surface area contributed by atoms with Crippen LogP contribution in [0.15, 0.2) is 48.5 Å². The number of ether oxygens (including phenoxy) is 1. The van der Waals surface area contributed by atoms with Crippen LogP contribution in [0.5, 0.6) is 5.75 Å². The summed E-state index contributed by atoms with van der Waals surface area (Å²) in [5, 5.41) is 12.6. The summed E-state index contributed by atoms with van der Waals surface area (Å²) in [5.41, 5.74) is 2.93. The van der Waals surface area contributed by atoms with E-state index < -0.39 is 24.0 Å². The minimum Gasteiger partial charge on any atom is -0.497 e. The zero-order valence-corrected chi connectivity index (χ0v) is 21.0. The molecule has 6 rings (SSSR count). The molecule has 9 heteroatoms. The molecule has 0 bridgehead atoms. The molecule has 0 saturated carbocycles. The first-order valence-corrected chi connectivity index (χ1v) is 13.0. The van der Waals surface area contributed by atoms with Crippen molar-refractivity contribution >= 4 is 45.4 Å². The third-order valence-electron chi connectivity index (χ3n) is 7.12. The summed E-state index contributed by atoms with van der Waals surface area (Å²) in [6.07, 6.45) is 2.72. The summed E-state index contributed by atoms with van der Waals surface area (Å²) in [7, 11) is 1.59. The molecule has 2 aliphatic heterocycles. The van der Waals surface area contributed by atoms with Gasteiger partial charge in [0.1, 0.15) is 22.7 Å². The predicted molar refractivity (Wildman–Crippen MR) is 136 cm³/mol. The zero-order valence-electron chi connectivity index (χ0n) is 19.4. The lowest BCUT2D eigenvalue weighted by Crippen LogP contribution is -2.37. The van der Waals surface area contributed by atoms with Crippen LogP contribution in [0.3, 0.4) is 0 Å². The maximum atomic E-state index is 14.0. The van der Waals surface area contributed by atoms with Gasteiger partial charge in [0.05, 0.1) is 24.4 Å². The van der Waals surface area contributed by atoms with Crippen LogP contribution in [-0.2, 0) is 27.3 Å². The van der Waals surface area contributed by atoms with Gasteiger partial charge in [0.2, 0.25) is 5.91 Å². The van der Waals surface area contributed by atoms with Crippen LogP contribution in [0.4, 0.5) is 10.7 Å². The predicted octanol–water partition coefficient (Wildman–Crippen LogP) is 5.21. The topological polar surface area (TPSA) is 82.9 Å². The molecule has 2 amide bonds. The van der Waals surface area contributed by atoms with E-state index in [0.29, 0.717) is 27.0 Å². The van der Waals surface area contributed by atoms with E-state index in [4.69, 9.17) is 21.2 Å². The molecule has 0 radical (unpaired) electrons. The van der Waals surface area contributed by atoms with E-state index in [-0.39, 0.29) is 5.91 Å². The minimum absolute atomic E-state index is 0.350. The number of rotatable bonds is 4. The number of imide groups is 1. The van der Waals surface area contributed by atoms with Gasteiger partial charge in [-0.1, -0.05) is 23.7 Å². The number of carbonyl (C=O) groups is 2. The Kier molecular flexibility index (Phi) is 5.72. The molecule has 1 aliphatic carbocycles. The minimum atomic E-state index is -0.994. The Hall–Kier alpha value is -3.38. The van der Waals surface area contributed by atoms with Gasteiger partial charge in [0.15, 0.2) is 6.10 Å². The number of benzene rings is 2. The van der Waals surface area contributed by atoms with Crippen molar-refractivity contribution in [3.05, 3.63) is 75.1 Å². The number of nitrogens with zero attached hydrogens (tertiary/aromatic N) is 3. The van der Waals surface area contributed by atoms with Gasteiger partial charge in [-0.25, -0.2) is 9.96 Å². The number of methoxy groups -OCH3 is 1. The summed E-state index contributed by atoms with van der Waals surface area (Å²) < 4.78 is 5.30. The summed E-state index contributed by atoms with van der Waals surface area (Å²) in [6, 6.07) is 16.2. The number of hydrogen-bond donors (Lipinski definition) is 0. The molecule has 7 nitrogen and oxygen atoms in total. The smallest absolute Gasteiger partial charge is 0.267 e. The number of aryl methyl sites for hydroxylation is 1. The number of nitriles is 1. The maximum absolute atomic E-state index is 14.0. The normalized spacial score (nSPS) is 23.0. The van der Waals surface area contributed by atoms with Crippen LogP contribution in [0.1, 0.15) is 40.5 Å². The van der Waals surface area contributed by atoms with Crippen molar-refractivity contribution < 1.29 is 19.2 Å². The average Bonchev–Trinajstić information content (AvgIpc) is 3.54. The van der Waals surface area contributed by atoms with Crippen LogP contribution in [0.25, 0.3) is 0 Å². The molecule has 3 atom stereocenters. The summed E-state index contributed by atoms with van der Waals surface area (Å²) in [6.45, 7) is 0. The molecule has 3 aromatic rings. The average molecular weight is 520 g/mol. The fraction of sp³-hybridized carbons (Fsp3) is 0.296. The molecular weight excluding hydrogens is 498 g/mol. The maximum Gasteiger partial charge on any atom is 0.267 e. The molecule has 1 aromatic heterocycles. The van der Waals surface area contributed by atoms with Crippen molar-refractivity contribution in [3.8, 4) is 11.8 Å². The quantitative estimate of drug-likeness (QED) is 0.440. The first-order valence-electron chi connectivity index (χ1n) is 11.8. The molecule has 36 heavy (non-hydrogen) atoms. The van der Waals surface area contributed by atoms with Crippen molar-refractivity contribution in [3.63, 3.8) is 0 Å². The number of thiophene rings is 1. The van der Waals surface area contributed by atoms with Crippen LogP contribution >= 0.6 is 22.9 Å². The van der Waals surface area contributed by atoms with E-state index in [9.17, 15) is 14.9 Å². The van der Waals surface area contributed by atoms with Gasteiger partial charge in [0.25, 0.3) is 5.91 Å². The lowest BCUT2D eigenvalue weighted by atomic mass is 9.90. The van der Waals surface area contributed by atoms with Gasteiger partial charge in [0, 0.05) is 9.90 Å². The number of amides is 2. The van der Waals surface area contributed by atoms with Crippen LogP contribution in [0, 0.1) is 17.2 Å². The molecule has 3 heterocycles. The number of carbonyl (C=O) groups excluding carboxylic acids is 2. The molecule has 2 saturated heterocycles.